The Morgan fingerprint density at radius 1 is 0.243 bits per heavy atom. The molecule has 0 aliphatic carbocycles. The number of nitriles is 2. The summed E-state index contributed by atoms with van der Waals surface area (Å²) in [6.45, 7) is 0. The van der Waals surface area contributed by atoms with E-state index in [1.54, 1.807) is 0 Å². The number of fused-ring (bicyclic) bond motifs is 12. The maximum Gasteiger partial charge on any atom is 0.104 e. The molecule has 0 N–H and O–H groups in total. The summed E-state index contributed by atoms with van der Waals surface area (Å²) in [6, 6.07) is 55.8. The maximum atomic E-state index is 12.4. The van der Waals surface area contributed by atoms with Gasteiger partial charge in [0.1, 0.15) is 23.3 Å². The summed E-state index contributed by atoms with van der Waals surface area (Å²) in [5.74, 6) is 0. The standard InChI is InChI=1S/C56H24Br8N6/c57-27-1-9-45-35(17-27)36-18-28(58)2-10-46(36)67(45)53-43(25-65)54(68-47-11-3-29(59)19-37(47)38-20-30(60)4-12-48(38)68)56(70-51-15-7-33(63)23-41(51)42-24-34(64)8-16-52(42)70)55(44(53)26-66)69-49-13-5-31(61)21-39(49)40-22-32(62)6-14-50(40)69/h1-24H. The van der Waals surface area contributed by atoms with Crippen LogP contribution in [0.15, 0.2) is 181 Å². The third-order valence-electron chi connectivity index (χ3n) is 13.3. The minimum Gasteiger partial charge on any atom is -0.306 e. The van der Waals surface area contributed by atoms with Crippen molar-refractivity contribution in [3.05, 3.63) is 193 Å². The average molecular weight is 1420 g/mol. The van der Waals surface area contributed by atoms with Gasteiger partial charge in [-0.05, 0) is 146 Å². The van der Waals surface area contributed by atoms with E-state index in [0.717, 1.165) is 123 Å². The van der Waals surface area contributed by atoms with Crippen molar-refractivity contribution in [2.45, 2.75) is 0 Å². The summed E-state index contributed by atoms with van der Waals surface area (Å²) in [5.41, 5.74) is 9.95. The lowest BCUT2D eigenvalue weighted by molar-refractivity contribution is 1.02. The van der Waals surface area contributed by atoms with E-state index in [-0.39, 0.29) is 0 Å². The molecular weight excluding hydrogens is 1400 g/mol. The SMILES string of the molecule is N#Cc1c(-n2c3ccc(Br)cc3c3cc(Br)ccc32)c(C#N)c(-n2c3ccc(Br)cc3c3cc(Br)ccc32)c(-n2c3ccc(Br)cc3c3cc(Br)ccc32)c1-n1c2ccc(Br)cc2c2cc(Br)ccc21. The molecule has 0 atom stereocenters. The number of aromatic nitrogens is 4. The molecule has 13 rings (SSSR count). The highest BCUT2D eigenvalue weighted by Crippen LogP contribution is 2.50. The maximum absolute atomic E-state index is 12.4. The number of hydrogen-bond donors (Lipinski definition) is 0. The zero-order valence-corrected chi connectivity index (χ0v) is 48.3. The lowest BCUT2D eigenvalue weighted by atomic mass is 9.98. The first kappa shape index (κ1) is 44.9. The van der Waals surface area contributed by atoms with Crippen LogP contribution in [0.5, 0.6) is 0 Å². The monoisotopic (exact) mass is 1410 g/mol. The molecular formula is C56H24Br8N6. The Morgan fingerprint density at radius 2 is 0.414 bits per heavy atom. The first-order valence-electron chi connectivity index (χ1n) is 21.5. The molecule has 14 heteroatoms. The van der Waals surface area contributed by atoms with E-state index < -0.39 is 0 Å². The van der Waals surface area contributed by atoms with Crippen molar-refractivity contribution in [2.24, 2.45) is 0 Å². The molecule has 0 spiro atoms. The van der Waals surface area contributed by atoms with Crippen LogP contribution >= 0.6 is 127 Å². The van der Waals surface area contributed by atoms with Crippen LogP contribution in [0.2, 0.25) is 0 Å². The van der Waals surface area contributed by atoms with Gasteiger partial charge in [-0.15, -0.1) is 0 Å². The minimum atomic E-state index is 0.319. The van der Waals surface area contributed by atoms with Crippen LogP contribution in [0, 0.1) is 22.7 Å². The predicted octanol–water partition coefficient (Wildman–Crippen LogP) is 19.9. The molecule has 0 unspecified atom stereocenters. The Balaban J connectivity index is 1.40. The Kier molecular flexibility index (Phi) is 10.8. The molecule has 0 radical (unpaired) electrons. The topological polar surface area (TPSA) is 67.3 Å². The molecule has 334 valence electrons. The van der Waals surface area contributed by atoms with E-state index >= 15 is 0 Å². The summed E-state index contributed by atoms with van der Waals surface area (Å²) in [6.07, 6.45) is 0. The summed E-state index contributed by atoms with van der Waals surface area (Å²) in [7, 11) is 0. The van der Waals surface area contributed by atoms with Crippen LogP contribution < -0.4 is 0 Å². The van der Waals surface area contributed by atoms with Crippen LogP contribution in [0.3, 0.4) is 0 Å². The molecule has 4 aromatic heterocycles. The lowest BCUT2D eigenvalue weighted by Crippen LogP contribution is -2.17. The van der Waals surface area contributed by atoms with E-state index in [1.807, 2.05) is 36.4 Å². The molecule has 4 heterocycles. The molecule has 9 aromatic carbocycles. The van der Waals surface area contributed by atoms with Gasteiger partial charge in [0.2, 0.25) is 0 Å². The van der Waals surface area contributed by atoms with Crippen molar-refractivity contribution in [3.63, 3.8) is 0 Å². The quantitative estimate of drug-likeness (QED) is 0.176. The van der Waals surface area contributed by atoms with Crippen molar-refractivity contribution in [1.29, 1.82) is 10.5 Å². The zero-order valence-electron chi connectivity index (χ0n) is 35.6. The van der Waals surface area contributed by atoms with E-state index in [9.17, 15) is 10.5 Å². The van der Waals surface area contributed by atoms with Crippen molar-refractivity contribution in [3.8, 4) is 34.9 Å². The van der Waals surface area contributed by atoms with Gasteiger partial charge in [-0.1, -0.05) is 127 Å². The van der Waals surface area contributed by atoms with Crippen LogP contribution in [-0.2, 0) is 0 Å². The third kappa shape index (κ3) is 6.64. The zero-order chi connectivity index (χ0) is 48.0. The van der Waals surface area contributed by atoms with Crippen LogP contribution in [0.4, 0.5) is 0 Å². The molecule has 0 saturated carbocycles. The number of benzene rings is 9. The van der Waals surface area contributed by atoms with Crippen molar-refractivity contribution in [1.82, 2.24) is 18.3 Å². The number of rotatable bonds is 4. The van der Waals surface area contributed by atoms with Crippen LogP contribution in [-0.4, -0.2) is 18.3 Å². The van der Waals surface area contributed by atoms with Gasteiger partial charge in [0.25, 0.3) is 0 Å². The van der Waals surface area contributed by atoms with Gasteiger partial charge in [-0.2, -0.15) is 10.5 Å². The summed E-state index contributed by atoms with van der Waals surface area (Å²) in [4.78, 5) is 0. The normalized spacial score (nSPS) is 12.0. The smallest absolute Gasteiger partial charge is 0.104 e. The van der Waals surface area contributed by atoms with Gasteiger partial charge in [0.15, 0.2) is 0 Å². The van der Waals surface area contributed by atoms with Gasteiger partial charge < -0.3 is 18.3 Å². The highest BCUT2D eigenvalue weighted by Gasteiger charge is 2.35. The Hall–Kier alpha value is -5.00. The second-order valence-corrected chi connectivity index (χ2v) is 24.3. The second-order valence-electron chi connectivity index (χ2n) is 17.0. The second kappa shape index (κ2) is 16.8. The molecule has 6 nitrogen and oxygen atoms in total. The molecule has 0 aliphatic rings. The lowest BCUT2D eigenvalue weighted by Gasteiger charge is -2.27. The Morgan fingerprint density at radius 3 is 0.600 bits per heavy atom. The third-order valence-corrected chi connectivity index (χ3v) is 17.2. The highest BCUT2D eigenvalue weighted by atomic mass is 79.9. The summed E-state index contributed by atoms with van der Waals surface area (Å²) < 4.78 is 16.2. The molecule has 0 bridgehead atoms. The number of halogens is 8. The highest BCUT2D eigenvalue weighted by molar-refractivity contribution is 9.11. The fourth-order valence-electron chi connectivity index (χ4n) is 10.6. The van der Waals surface area contributed by atoms with Gasteiger partial charge >= 0.3 is 0 Å². The van der Waals surface area contributed by atoms with Gasteiger partial charge in [-0.3, -0.25) is 0 Å². The predicted molar refractivity (Wildman–Crippen MR) is 315 cm³/mol. The first-order chi connectivity index (χ1) is 33.9. The van der Waals surface area contributed by atoms with E-state index in [1.165, 1.54) is 0 Å². The van der Waals surface area contributed by atoms with Crippen LogP contribution in [0.1, 0.15) is 11.1 Å². The summed E-state index contributed by atoms with van der Waals surface area (Å²) in [5, 5.41) is 32.6. The molecule has 0 saturated heterocycles. The summed E-state index contributed by atoms with van der Waals surface area (Å²) >= 11 is 30.4. The van der Waals surface area contributed by atoms with E-state index in [4.69, 9.17) is 0 Å². The van der Waals surface area contributed by atoms with Crippen molar-refractivity contribution in [2.75, 3.05) is 0 Å². The minimum absolute atomic E-state index is 0.319. The molecule has 0 fully saturated rings. The fourth-order valence-corrected chi connectivity index (χ4v) is 13.5. The molecule has 13 aromatic rings. The van der Waals surface area contributed by atoms with Gasteiger partial charge in [0, 0.05) is 78.9 Å². The van der Waals surface area contributed by atoms with Crippen molar-refractivity contribution >= 4 is 215 Å². The largest absolute Gasteiger partial charge is 0.306 e. The molecule has 0 aliphatic heterocycles. The van der Waals surface area contributed by atoms with Gasteiger partial charge in [-0.25, -0.2) is 0 Å². The van der Waals surface area contributed by atoms with E-state index in [0.29, 0.717) is 33.9 Å². The van der Waals surface area contributed by atoms with Crippen molar-refractivity contribution < 1.29 is 0 Å². The van der Waals surface area contributed by atoms with E-state index in [2.05, 4.69) is 267 Å². The Labute approximate surface area is 465 Å². The average Bonchev–Trinajstić information content (AvgIpc) is 4.03. The fraction of sp³-hybridized carbons (Fsp3) is 0. The van der Waals surface area contributed by atoms with Crippen LogP contribution in [0.25, 0.3) is 110 Å². The molecule has 70 heavy (non-hydrogen) atoms. The Bertz CT molecular complexity index is 4220. The molecule has 0 amide bonds. The number of nitrogens with zero attached hydrogens (tertiary/aromatic N) is 6. The first-order valence-corrected chi connectivity index (χ1v) is 27.9. The number of hydrogen-bond acceptors (Lipinski definition) is 2. The van der Waals surface area contributed by atoms with Gasteiger partial charge in [0.05, 0.1) is 66.9 Å².